The Balaban J connectivity index is 1.96. The molecule has 0 unspecified atom stereocenters. The molecule has 104 valence electrons. The molecule has 3 heteroatoms. The van der Waals surface area contributed by atoms with Crippen LogP contribution in [-0.2, 0) is 11.2 Å². The third kappa shape index (κ3) is 3.60. The number of benzene rings is 2. The number of carbonyl (C=O) groups is 1. The SMILES string of the molecule is Cc1ccc(O)c(NC(=O)CCc2ccccc2C)c1. The molecule has 0 fully saturated rings. The van der Waals surface area contributed by atoms with Gasteiger partial charge in [0, 0.05) is 6.42 Å². The lowest BCUT2D eigenvalue weighted by molar-refractivity contribution is -0.116. The van der Waals surface area contributed by atoms with Crippen molar-refractivity contribution in [2.75, 3.05) is 5.32 Å². The Kier molecular flexibility index (Phi) is 4.41. The molecule has 0 atom stereocenters. The maximum atomic E-state index is 11.9. The van der Waals surface area contributed by atoms with E-state index >= 15 is 0 Å². The van der Waals surface area contributed by atoms with Gasteiger partial charge < -0.3 is 10.4 Å². The van der Waals surface area contributed by atoms with Gasteiger partial charge in [0.15, 0.2) is 0 Å². The molecule has 0 saturated carbocycles. The summed E-state index contributed by atoms with van der Waals surface area (Å²) in [7, 11) is 0. The second-order valence-electron chi connectivity index (χ2n) is 5.00. The van der Waals surface area contributed by atoms with Gasteiger partial charge in [-0.3, -0.25) is 4.79 Å². The van der Waals surface area contributed by atoms with Crippen molar-refractivity contribution in [2.45, 2.75) is 26.7 Å². The van der Waals surface area contributed by atoms with Crippen molar-refractivity contribution in [1.29, 1.82) is 0 Å². The van der Waals surface area contributed by atoms with E-state index in [9.17, 15) is 9.90 Å². The Morgan fingerprint density at radius 2 is 1.90 bits per heavy atom. The van der Waals surface area contributed by atoms with Gasteiger partial charge in [0.1, 0.15) is 5.75 Å². The third-order valence-electron chi connectivity index (χ3n) is 3.31. The summed E-state index contributed by atoms with van der Waals surface area (Å²) < 4.78 is 0. The molecule has 0 bridgehead atoms. The van der Waals surface area contributed by atoms with Crippen molar-refractivity contribution >= 4 is 11.6 Å². The topological polar surface area (TPSA) is 49.3 Å². The zero-order chi connectivity index (χ0) is 14.5. The first-order valence-corrected chi connectivity index (χ1v) is 6.70. The summed E-state index contributed by atoms with van der Waals surface area (Å²) in [6, 6.07) is 13.2. The number of nitrogens with one attached hydrogen (secondary N) is 1. The third-order valence-corrected chi connectivity index (χ3v) is 3.31. The molecule has 0 aliphatic heterocycles. The van der Waals surface area contributed by atoms with Gasteiger partial charge in [-0.25, -0.2) is 0 Å². The Morgan fingerprint density at radius 1 is 1.15 bits per heavy atom. The van der Waals surface area contributed by atoms with E-state index in [1.807, 2.05) is 38.1 Å². The van der Waals surface area contributed by atoms with Crippen LogP contribution in [0.15, 0.2) is 42.5 Å². The van der Waals surface area contributed by atoms with Crippen LogP contribution in [0.25, 0.3) is 0 Å². The number of amides is 1. The fraction of sp³-hybridized carbons (Fsp3) is 0.235. The largest absolute Gasteiger partial charge is 0.506 e. The zero-order valence-electron chi connectivity index (χ0n) is 11.8. The number of phenolic OH excluding ortho intramolecular Hbond substituents is 1. The van der Waals surface area contributed by atoms with E-state index in [1.165, 1.54) is 11.1 Å². The minimum atomic E-state index is -0.0887. The Bertz CT molecular complexity index is 620. The lowest BCUT2D eigenvalue weighted by atomic mass is 10.0. The van der Waals surface area contributed by atoms with Crippen LogP contribution in [0.5, 0.6) is 5.75 Å². The number of aryl methyl sites for hydroxylation is 3. The van der Waals surface area contributed by atoms with Crippen LogP contribution < -0.4 is 5.32 Å². The molecule has 0 aliphatic carbocycles. The fourth-order valence-corrected chi connectivity index (χ4v) is 2.10. The zero-order valence-corrected chi connectivity index (χ0v) is 11.8. The van der Waals surface area contributed by atoms with E-state index in [1.54, 1.807) is 18.2 Å². The average Bonchev–Trinajstić information content (AvgIpc) is 2.42. The molecule has 3 nitrogen and oxygen atoms in total. The molecule has 2 aromatic rings. The number of rotatable bonds is 4. The fourth-order valence-electron chi connectivity index (χ4n) is 2.10. The van der Waals surface area contributed by atoms with Crippen molar-refractivity contribution < 1.29 is 9.90 Å². The number of carbonyl (C=O) groups excluding carboxylic acids is 1. The number of hydrogen-bond donors (Lipinski definition) is 2. The number of aromatic hydroxyl groups is 1. The Hall–Kier alpha value is -2.29. The van der Waals surface area contributed by atoms with Crippen LogP contribution in [0.3, 0.4) is 0 Å². The van der Waals surface area contributed by atoms with E-state index in [-0.39, 0.29) is 11.7 Å². The summed E-state index contributed by atoms with van der Waals surface area (Å²) in [6.07, 6.45) is 1.10. The van der Waals surface area contributed by atoms with E-state index in [4.69, 9.17) is 0 Å². The minimum absolute atomic E-state index is 0.0887. The molecule has 0 heterocycles. The van der Waals surface area contributed by atoms with Crippen molar-refractivity contribution in [2.24, 2.45) is 0 Å². The maximum absolute atomic E-state index is 11.9. The molecule has 0 saturated heterocycles. The van der Waals surface area contributed by atoms with Crippen LogP contribution in [0, 0.1) is 13.8 Å². The summed E-state index contributed by atoms with van der Waals surface area (Å²) in [5.41, 5.74) is 3.84. The molecule has 2 N–H and O–H groups in total. The summed E-state index contributed by atoms with van der Waals surface area (Å²) in [5, 5.41) is 12.5. The normalized spacial score (nSPS) is 10.3. The number of phenols is 1. The molecule has 20 heavy (non-hydrogen) atoms. The molecular formula is C17H19NO2. The van der Waals surface area contributed by atoms with Crippen LogP contribution >= 0.6 is 0 Å². The molecule has 2 rings (SSSR count). The Morgan fingerprint density at radius 3 is 2.65 bits per heavy atom. The highest BCUT2D eigenvalue weighted by Gasteiger charge is 2.07. The number of anilines is 1. The quantitative estimate of drug-likeness (QED) is 0.833. The van der Waals surface area contributed by atoms with Crippen molar-refractivity contribution in [3.05, 3.63) is 59.2 Å². The second kappa shape index (κ2) is 6.24. The van der Waals surface area contributed by atoms with E-state index in [2.05, 4.69) is 5.32 Å². The molecule has 2 aromatic carbocycles. The maximum Gasteiger partial charge on any atom is 0.224 e. The van der Waals surface area contributed by atoms with Crippen LogP contribution in [-0.4, -0.2) is 11.0 Å². The number of hydrogen-bond acceptors (Lipinski definition) is 2. The minimum Gasteiger partial charge on any atom is -0.506 e. The first kappa shape index (κ1) is 14.1. The predicted octanol–water partition coefficient (Wildman–Crippen LogP) is 3.58. The molecule has 0 spiro atoms. The van der Waals surface area contributed by atoms with Gasteiger partial charge in [0.25, 0.3) is 0 Å². The molecule has 1 amide bonds. The van der Waals surface area contributed by atoms with Gasteiger partial charge in [-0.05, 0) is 49.1 Å². The van der Waals surface area contributed by atoms with Gasteiger partial charge in [0.05, 0.1) is 5.69 Å². The standard InChI is InChI=1S/C17H19NO2/c1-12-7-9-16(19)15(11-12)18-17(20)10-8-14-6-4-3-5-13(14)2/h3-7,9,11,19H,8,10H2,1-2H3,(H,18,20). The first-order chi connectivity index (χ1) is 9.56. The highest BCUT2D eigenvalue weighted by atomic mass is 16.3. The van der Waals surface area contributed by atoms with Gasteiger partial charge in [-0.1, -0.05) is 30.3 Å². The lowest BCUT2D eigenvalue weighted by Gasteiger charge is -2.09. The molecular weight excluding hydrogens is 250 g/mol. The average molecular weight is 269 g/mol. The smallest absolute Gasteiger partial charge is 0.224 e. The van der Waals surface area contributed by atoms with Gasteiger partial charge in [0.2, 0.25) is 5.91 Å². The highest BCUT2D eigenvalue weighted by Crippen LogP contribution is 2.24. The van der Waals surface area contributed by atoms with Crippen LogP contribution in [0.2, 0.25) is 0 Å². The van der Waals surface area contributed by atoms with Crippen molar-refractivity contribution in [3.63, 3.8) is 0 Å². The molecule has 0 aromatic heterocycles. The van der Waals surface area contributed by atoms with Crippen molar-refractivity contribution in [1.82, 2.24) is 0 Å². The van der Waals surface area contributed by atoms with Crippen molar-refractivity contribution in [3.8, 4) is 5.75 Å². The van der Waals surface area contributed by atoms with Crippen LogP contribution in [0.4, 0.5) is 5.69 Å². The van der Waals surface area contributed by atoms with E-state index in [0.29, 0.717) is 18.5 Å². The van der Waals surface area contributed by atoms with E-state index in [0.717, 1.165) is 5.56 Å². The predicted molar refractivity (Wildman–Crippen MR) is 81.0 cm³/mol. The first-order valence-electron chi connectivity index (χ1n) is 6.70. The van der Waals surface area contributed by atoms with Crippen LogP contribution in [0.1, 0.15) is 23.1 Å². The van der Waals surface area contributed by atoms with Gasteiger partial charge in [-0.15, -0.1) is 0 Å². The molecule has 0 radical (unpaired) electrons. The monoisotopic (exact) mass is 269 g/mol. The van der Waals surface area contributed by atoms with Gasteiger partial charge >= 0.3 is 0 Å². The molecule has 0 aliphatic rings. The van der Waals surface area contributed by atoms with E-state index < -0.39 is 0 Å². The second-order valence-corrected chi connectivity index (χ2v) is 5.00. The Labute approximate surface area is 119 Å². The summed E-state index contributed by atoms with van der Waals surface area (Å²) in [6.45, 7) is 3.96. The summed E-state index contributed by atoms with van der Waals surface area (Å²) in [5.74, 6) is 0.00833. The van der Waals surface area contributed by atoms with Gasteiger partial charge in [-0.2, -0.15) is 0 Å². The highest BCUT2D eigenvalue weighted by molar-refractivity contribution is 5.92. The summed E-state index contributed by atoms with van der Waals surface area (Å²) in [4.78, 5) is 11.9. The lowest BCUT2D eigenvalue weighted by Crippen LogP contribution is -2.12. The summed E-state index contributed by atoms with van der Waals surface area (Å²) >= 11 is 0.